The van der Waals surface area contributed by atoms with Gasteiger partial charge in [-0.2, -0.15) is 4.98 Å². The quantitative estimate of drug-likeness (QED) is 0.295. The number of fused-ring (bicyclic) bond motifs is 2. The van der Waals surface area contributed by atoms with Crippen molar-refractivity contribution in [1.29, 1.82) is 0 Å². The molecule has 39 heavy (non-hydrogen) atoms. The summed E-state index contributed by atoms with van der Waals surface area (Å²) in [5.74, 6) is -0.238. The molecule has 0 bridgehead atoms. The predicted molar refractivity (Wildman–Crippen MR) is 153 cm³/mol. The van der Waals surface area contributed by atoms with Crippen molar-refractivity contribution in [2.75, 3.05) is 23.3 Å². The lowest BCUT2D eigenvalue weighted by atomic mass is 10.1. The fraction of sp³-hybridized carbons (Fsp3) is 0.200. The molecule has 1 aliphatic rings. The van der Waals surface area contributed by atoms with Crippen LogP contribution in [0.1, 0.15) is 28.8 Å². The van der Waals surface area contributed by atoms with Crippen LogP contribution in [0.5, 0.6) is 0 Å². The molecule has 1 saturated heterocycles. The van der Waals surface area contributed by atoms with E-state index < -0.39 is 10.0 Å². The SMILES string of the molecule is Cc1ccccc1C(=O)Nc1ccc(S(=O)(=O)NC2CCN(c3nc4ccccc4o3)CC2)c2ccccc12. The number of sulfonamides is 1. The van der Waals surface area contributed by atoms with Crippen molar-refractivity contribution in [3.05, 3.63) is 96.1 Å². The van der Waals surface area contributed by atoms with Gasteiger partial charge in [-0.3, -0.25) is 4.79 Å². The summed E-state index contributed by atoms with van der Waals surface area (Å²) in [6, 6.07) is 25.8. The van der Waals surface area contributed by atoms with Crippen LogP contribution >= 0.6 is 0 Å². The minimum atomic E-state index is -3.81. The lowest BCUT2D eigenvalue weighted by molar-refractivity contribution is 0.102. The fourth-order valence-corrected chi connectivity index (χ4v) is 6.62. The number of aryl methyl sites for hydroxylation is 1. The Kier molecular flexibility index (Phi) is 6.54. The van der Waals surface area contributed by atoms with Crippen LogP contribution in [0.3, 0.4) is 0 Å². The monoisotopic (exact) mass is 540 g/mol. The van der Waals surface area contributed by atoms with Gasteiger partial charge in [0, 0.05) is 41.2 Å². The molecule has 5 aromatic rings. The first kappa shape index (κ1) is 25.1. The van der Waals surface area contributed by atoms with Crippen LogP contribution in [0.4, 0.5) is 11.7 Å². The van der Waals surface area contributed by atoms with Crippen molar-refractivity contribution in [1.82, 2.24) is 9.71 Å². The van der Waals surface area contributed by atoms with Crippen LogP contribution in [0.25, 0.3) is 21.9 Å². The number of aromatic nitrogens is 1. The number of carbonyl (C=O) groups is 1. The van der Waals surface area contributed by atoms with Crippen LogP contribution in [0.15, 0.2) is 94.2 Å². The third kappa shape index (κ3) is 4.98. The van der Waals surface area contributed by atoms with E-state index in [4.69, 9.17) is 4.42 Å². The Bertz CT molecular complexity index is 1760. The van der Waals surface area contributed by atoms with E-state index in [1.54, 1.807) is 30.3 Å². The fourth-order valence-electron chi connectivity index (χ4n) is 5.10. The zero-order chi connectivity index (χ0) is 27.0. The highest BCUT2D eigenvalue weighted by Gasteiger charge is 2.28. The molecule has 1 aromatic heterocycles. The second-order valence-corrected chi connectivity index (χ2v) is 11.5. The molecule has 4 aromatic carbocycles. The molecule has 0 spiro atoms. The van der Waals surface area contributed by atoms with Crippen molar-refractivity contribution >= 4 is 49.5 Å². The smallest absolute Gasteiger partial charge is 0.298 e. The molecular formula is C30H28N4O4S. The van der Waals surface area contributed by atoms with Gasteiger partial charge in [0.1, 0.15) is 5.52 Å². The number of nitrogens with one attached hydrogen (secondary N) is 2. The maximum absolute atomic E-state index is 13.5. The molecule has 0 radical (unpaired) electrons. The van der Waals surface area contributed by atoms with Crippen molar-refractivity contribution in [2.24, 2.45) is 0 Å². The van der Waals surface area contributed by atoms with Gasteiger partial charge in [0.15, 0.2) is 5.58 Å². The maximum Gasteiger partial charge on any atom is 0.298 e. The van der Waals surface area contributed by atoms with Gasteiger partial charge in [-0.15, -0.1) is 0 Å². The van der Waals surface area contributed by atoms with Gasteiger partial charge in [-0.25, -0.2) is 13.1 Å². The Labute approximate surface area is 226 Å². The largest absolute Gasteiger partial charge is 0.423 e. The van der Waals surface area contributed by atoms with Gasteiger partial charge in [0.2, 0.25) is 10.0 Å². The van der Waals surface area contributed by atoms with Gasteiger partial charge in [0.05, 0.1) is 4.90 Å². The second kappa shape index (κ2) is 10.2. The third-order valence-electron chi connectivity index (χ3n) is 7.18. The molecule has 1 fully saturated rings. The van der Waals surface area contributed by atoms with Crippen LogP contribution in [0, 0.1) is 6.92 Å². The van der Waals surface area contributed by atoms with Crippen molar-refractivity contribution < 1.29 is 17.6 Å². The number of para-hydroxylation sites is 2. The maximum atomic E-state index is 13.5. The number of piperidine rings is 1. The molecule has 2 N–H and O–H groups in total. The van der Waals surface area contributed by atoms with E-state index in [0.29, 0.717) is 54.0 Å². The molecule has 0 unspecified atom stereocenters. The van der Waals surface area contributed by atoms with E-state index in [1.165, 1.54) is 0 Å². The van der Waals surface area contributed by atoms with Gasteiger partial charge >= 0.3 is 0 Å². The zero-order valence-corrected chi connectivity index (χ0v) is 22.2. The number of hydrogen-bond donors (Lipinski definition) is 2. The summed E-state index contributed by atoms with van der Waals surface area (Å²) in [7, 11) is -3.81. The van der Waals surface area contributed by atoms with Crippen LogP contribution in [-0.4, -0.2) is 38.4 Å². The number of nitrogens with zero attached hydrogens (tertiary/aromatic N) is 2. The zero-order valence-electron chi connectivity index (χ0n) is 21.4. The molecule has 9 heteroatoms. The summed E-state index contributed by atoms with van der Waals surface area (Å²) in [4.78, 5) is 19.7. The lowest BCUT2D eigenvalue weighted by Gasteiger charge is -2.31. The van der Waals surface area contributed by atoms with E-state index in [9.17, 15) is 13.2 Å². The minimum Gasteiger partial charge on any atom is -0.423 e. The molecule has 0 aliphatic carbocycles. The van der Waals surface area contributed by atoms with Crippen molar-refractivity contribution in [3.63, 3.8) is 0 Å². The highest BCUT2D eigenvalue weighted by molar-refractivity contribution is 7.89. The van der Waals surface area contributed by atoms with Crippen LogP contribution < -0.4 is 14.9 Å². The Morgan fingerprint density at radius 1 is 0.897 bits per heavy atom. The molecule has 0 atom stereocenters. The normalized spacial score (nSPS) is 14.6. The lowest BCUT2D eigenvalue weighted by Crippen LogP contribution is -2.44. The summed E-state index contributed by atoms with van der Waals surface area (Å²) in [6.07, 6.45) is 1.25. The number of carbonyl (C=O) groups excluding carboxylic acids is 1. The average Bonchev–Trinajstić information content (AvgIpc) is 3.38. The summed E-state index contributed by atoms with van der Waals surface area (Å²) < 4.78 is 35.9. The number of oxazole rings is 1. The molecule has 8 nitrogen and oxygen atoms in total. The first-order valence-electron chi connectivity index (χ1n) is 12.9. The number of benzene rings is 4. The van der Waals surface area contributed by atoms with E-state index in [-0.39, 0.29) is 16.8 Å². The minimum absolute atomic E-state index is 0.188. The van der Waals surface area contributed by atoms with E-state index in [2.05, 4.69) is 15.0 Å². The number of amides is 1. The Balaban J connectivity index is 1.19. The van der Waals surface area contributed by atoms with E-state index in [0.717, 1.165) is 16.7 Å². The number of anilines is 2. The van der Waals surface area contributed by atoms with Crippen LogP contribution in [-0.2, 0) is 10.0 Å². The molecular weight excluding hydrogens is 512 g/mol. The summed E-state index contributed by atoms with van der Waals surface area (Å²) in [5, 5.41) is 4.17. The molecule has 6 rings (SSSR count). The number of rotatable bonds is 6. The molecule has 0 saturated carbocycles. The van der Waals surface area contributed by atoms with E-state index in [1.807, 2.05) is 66.4 Å². The van der Waals surface area contributed by atoms with Gasteiger partial charge in [0.25, 0.3) is 11.9 Å². The van der Waals surface area contributed by atoms with Gasteiger partial charge in [-0.05, 0) is 55.7 Å². The average molecular weight is 541 g/mol. The first-order chi connectivity index (χ1) is 18.9. The second-order valence-electron chi connectivity index (χ2n) is 9.77. The molecule has 1 amide bonds. The van der Waals surface area contributed by atoms with Crippen molar-refractivity contribution in [3.8, 4) is 0 Å². The standard InChI is InChI=1S/C30H28N4O4S/c1-20-8-2-3-9-22(20)29(35)31-25-14-15-28(24-11-5-4-10-23(24)25)39(36,37)33-21-16-18-34(19-17-21)30-32-26-12-6-7-13-27(26)38-30/h2-15,21,33H,16-19H2,1H3,(H,31,35). The summed E-state index contributed by atoms with van der Waals surface area (Å²) in [5.41, 5.74) is 3.54. The Hall–Kier alpha value is -4.21. The van der Waals surface area contributed by atoms with E-state index >= 15 is 0 Å². The first-order valence-corrected chi connectivity index (χ1v) is 14.4. The Morgan fingerprint density at radius 3 is 2.36 bits per heavy atom. The third-order valence-corrected chi connectivity index (χ3v) is 8.76. The highest BCUT2D eigenvalue weighted by Crippen LogP contribution is 2.31. The Morgan fingerprint density at radius 2 is 1.59 bits per heavy atom. The summed E-state index contributed by atoms with van der Waals surface area (Å²) >= 11 is 0. The summed E-state index contributed by atoms with van der Waals surface area (Å²) in [6.45, 7) is 3.14. The van der Waals surface area contributed by atoms with Gasteiger partial charge in [-0.1, -0.05) is 54.6 Å². The van der Waals surface area contributed by atoms with Crippen LogP contribution in [0.2, 0.25) is 0 Å². The molecule has 1 aliphatic heterocycles. The predicted octanol–water partition coefficient (Wildman–Crippen LogP) is 5.49. The topological polar surface area (TPSA) is 105 Å². The van der Waals surface area contributed by atoms with Crippen molar-refractivity contribution in [2.45, 2.75) is 30.7 Å². The molecule has 198 valence electrons. The highest BCUT2D eigenvalue weighted by atomic mass is 32.2. The van der Waals surface area contributed by atoms with Gasteiger partial charge < -0.3 is 14.6 Å². The molecule has 2 heterocycles. The number of hydrogen-bond acceptors (Lipinski definition) is 6.